The monoisotopic (exact) mass is 236 g/mol. The van der Waals surface area contributed by atoms with Crippen molar-refractivity contribution in [2.45, 2.75) is 25.8 Å². The number of benzene rings is 1. The largest absolute Gasteiger partial charge is 0.496 e. The minimum atomic E-state index is -0.569. The molecule has 0 aliphatic carbocycles. The number of ether oxygens (including phenoxy) is 1. The van der Waals surface area contributed by atoms with Crippen molar-refractivity contribution in [2.75, 3.05) is 13.7 Å². The van der Waals surface area contributed by atoms with Gasteiger partial charge in [-0.05, 0) is 44.0 Å². The van der Waals surface area contributed by atoms with Gasteiger partial charge < -0.3 is 4.74 Å². The van der Waals surface area contributed by atoms with Gasteiger partial charge in [0.05, 0.1) is 13.2 Å². The summed E-state index contributed by atoms with van der Waals surface area (Å²) in [6, 6.07) is 6.59. The van der Waals surface area contributed by atoms with Crippen LogP contribution >= 0.6 is 0 Å². The molecule has 0 heterocycles. The van der Waals surface area contributed by atoms with Gasteiger partial charge in [-0.1, -0.05) is 0 Å². The molecule has 0 saturated carbocycles. The second-order valence-corrected chi connectivity index (χ2v) is 4.37. The fourth-order valence-corrected chi connectivity index (χ4v) is 1.49. The lowest BCUT2D eigenvalue weighted by molar-refractivity contribution is 0.406. The first kappa shape index (κ1) is 13.5. The average Bonchev–Trinajstić information content (AvgIpc) is 2.29. The summed E-state index contributed by atoms with van der Waals surface area (Å²) in [4.78, 5) is 0. The van der Waals surface area contributed by atoms with Crippen LogP contribution in [-0.2, 0) is 6.42 Å². The van der Waals surface area contributed by atoms with Crippen molar-refractivity contribution in [3.8, 4) is 11.8 Å². The van der Waals surface area contributed by atoms with Crippen LogP contribution in [0.5, 0.6) is 5.75 Å². The highest BCUT2D eigenvalue weighted by Crippen LogP contribution is 2.19. The van der Waals surface area contributed by atoms with Crippen molar-refractivity contribution < 1.29 is 9.13 Å². The summed E-state index contributed by atoms with van der Waals surface area (Å²) in [6.45, 7) is 4.20. The molecule has 0 bridgehead atoms. The average molecular weight is 236 g/mol. The van der Waals surface area contributed by atoms with Crippen LogP contribution in [0.15, 0.2) is 18.2 Å². The molecule has 0 aliphatic heterocycles. The van der Waals surface area contributed by atoms with E-state index < -0.39 is 5.54 Å². The molecule has 1 aromatic carbocycles. The van der Waals surface area contributed by atoms with E-state index in [1.54, 1.807) is 27.0 Å². The molecule has 1 rings (SSSR count). The SMILES string of the molecule is COc1ccc(F)cc1CCNC(C)(C)C#N. The molecule has 0 unspecified atom stereocenters. The number of hydrogen-bond donors (Lipinski definition) is 1. The Hall–Kier alpha value is -1.60. The summed E-state index contributed by atoms with van der Waals surface area (Å²) >= 11 is 0. The van der Waals surface area contributed by atoms with E-state index >= 15 is 0 Å². The minimum Gasteiger partial charge on any atom is -0.496 e. The third-order valence-corrected chi connectivity index (χ3v) is 2.48. The van der Waals surface area contributed by atoms with Crippen LogP contribution in [0.1, 0.15) is 19.4 Å². The molecule has 0 radical (unpaired) electrons. The fourth-order valence-electron chi connectivity index (χ4n) is 1.49. The number of rotatable bonds is 5. The number of hydrogen-bond acceptors (Lipinski definition) is 3. The second-order valence-electron chi connectivity index (χ2n) is 4.37. The lowest BCUT2D eigenvalue weighted by Crippen LogP contribution is -2.38. The molecular weight excluding hydrogens is 219 g/mol. The van der Waals surface area contributed by atoms with E-state index in [0.717, 1.165) is 5.56 Å². The first-order chi connectivity index (χ1) is 7.98. The predicted octanol–water partition coefficient (Wildman–Crippen LogP) is 2.27. The molecule has 1 aromatic rings. The zero-order chi connectivity index (χ0) is 12.9. The van der Waals surface area contributed by atoms with E-state index in [4.69, 9.17) is 10.00 Å². The third-order valence-electron chi connectivity index (χ3n) is 2.48. The first-order valence-electron chi connectivity index (χ1n) is 5.47. The van der Waals surface area contributed by atoms with Crippen molar-refractivity contribution in [1.29, 1.82) is 5.26 Å². The standard InChI is InChI=1S/C13H17FN2O/c1-13(2,9-15)16-7-6-10-8-11(14)4-5-12(10)17-3/h4-5,8,16H,6-7H2,1-3H3. The molecule has 0 atom stereocenters. The highest BCUT2D eigenvalue weighted by Gasteiger charge is 2.15. The van der Waals surface area contributed by atoms with Gasteiger partial charge in [0.1, 0.15) is 17.1 Å². The fraction of sp³-hybridized carbons (Fsp3) is 0.462. The van der Waals surface area contributed by atoms with Crippen LogP contribution in [0.4, 0.5) is 4.39 Å². The van der Waals surface area contributed by atoms with Crippen molar-refractivity contribution in [1.82, 2.24) is 5.32 Å². The number of nitrogens with one attached hydrogen (secondary N) is 1. The lowest BCUT2D eigenvalue weighted by Gasteiger charge is -2.17. The van der Waals surface area contributed by atoms with Gasteiger partial charge >= 0.3 is 0 Å². The molecule has 92 valence electrons. The Balaban J connectivity index is 2.63. The summed E-state index contributed by atoms with van der Waals surface area (Å²) in [5.41, 5.74) is 0.231. The van der Waals surface area contributed by atoms with Gasteiger partial charge in [0, 0.05) is 6.54 Å². The summed E-state index contributed by atoms with van der Waals surface area (Å²) < 4.78 is 18.2. The maximum Gasteiger partial charge on any atom is 0.123 e. The van der Waals surface area contributed by atoms with Crippen LogP contribution < -0.4 is 10.1 Å². The maximum atomic E-state index is 13.1. The topological polar surface area (TPSA) is 45.0 Å². The molecule has 0 aromatic heterocycles. The summed E-state index contributed by atoms with van der Waals surface area (Å²) in [5.74, 6) is 0.392. The van der Waals surface area contributed by atoms with Crippen molar-refractivity contribution in [3.63, 3.8) is 0 Å². The number of nitrogens with zero attached hydrogens (tertiary/aromatic N) is 1. The van der Waals surface area contributed by atoms with Gasteiger partial charge in [-0.25, -0.2) is 4.39 Å². The normalized spacial score (nSPS) is 11.0. The second kappa shape index (κ2) is 5.65. The Labute approximate surface area is 101 Å². The Morgan fingerprint density at radius 1 is 1.47 bits per heavy atom. The molecule has 17 heavy (non-hydrogen) atoms. The summed E-state index contributed by atoms with van der Waals surface area (Å²) in [6.07, 6.45) is 0.617. The van der Waals surface area contributed by atoms with E-state index in [1.165, 1.54) is 12.1 Å². The van der Waals surface area contributed by atoms with E-state index in [0.29, 0.717) is 18.7 Å². The maximum absolute atomic E-state index is 13.1. The highest BCUT2D eigenvalue weighted by atomic mass is 19.1. The Morgan fingerprint density at radius 3 is 2.76 bits per heavy atom. The van der Waals surface area contributed by atoms with Gasteiger partial charge in [0.2, 0.25) is 0 Å². The zero-order valence-corrected chi connectivity index (χ0v) is 10.4. The lowest BCUT2D eigenvalue weighted by atomic mass is 10.1. The quantitative estimate of drug-likeness (QED) is 0.853. The van der Waals surface area contributed by atoms with Gasteiger partial charge in [-0.2, -0.15) is 5.26 Å². The highest BCUT2D eigenvalue weighted by molar-refractivity contribution is 5.34. The van der Waals surface area contributed by atoms with E-state index in [1.807, 2.05) is 0 Å². The number of nitriles is 1. The van der Waals surface area contributed by atoms with E-state index in [2.05, 4.69) is 11.4 Å². The first-order valence-corrected chi connectivity index (χ1v) is 5.47. The van der Waals surface area contributed by atoms with Gasteiger partial charge in [0.15, 0.2) is 0 Å². The van der Waals surface area contributed by atoms with Crippen LogP contribution in [0, 0.1) is 17.1 Å². The molecule has 4 heteroatoms. The van der Waals surface area contributed by atoms with Crippen LogP contribution in [0.3, 0.4) is 0 Å². The Bertz CT molecular complexity index is 424. The van der Waals surface area contributed by atoms with E-state index in [-0.39, 0.29) is 5.82 Å². The predicted molar refractivity (Wildman–Crippen MR) is 64.4 cm³/mol. The smallest absolute Gasteiger partial charge is 0.123 e. The van der Waals surface area contributed by atoms with Gasteiger partial charge in [-0.15, -0.1) is 0 Å². The van der Waals surface area contributed by atoms with Crippen molar-refractivity contribution in [2.24, 2.45) is 0 Å². The molecule has 0 amide bonds. The molecule has 1 N–H and O–H groups in total. The van der Waals surface area contributed by atoms with Crippen LogP contribution in [0.2, 0.25) is 0 Å². The summed E-state index contributed by atoms with van der Waals surface area (Å²) in [7, 11) is 1.56. The number of methoxy groups -OCH3 is 1. The molecule has 0 aliphatic rings. The van der Waals surface area contributed by atoms with Crippen molar-refractivity contribution >= 4 is 0 Å². The Kier molecular flexibility index (Phi) is 4.47. The van der Waals surface area contributed by atoms with E-state index in [9.17, 15) is 4.39 Å². The molecule has 0 fully saturated rings. The molecular formula is C13H17FN2O. The molecule has 0 spiro atoms. The van der Waals surface area contributed by atoms with Gasteiger partial charge in [-0.3, -0.25) is 5.32 Å². The molecule has 3 nitrogen and oxygen atoms in total. The van der Waals surface area contributed by atoms with Crippen LogP contribution in [0.25, 0.3) is 0 Å². The number of halogens is 1. The molecule has 0 saturated heterocycles. The van der Waals surface area contributed by atoms with Crippen molar-refractivity contribution in [3.05, 3.63) is 29.6 Å². The van der Waals surface area contributed by atoms with Gasteiger partial charge in [0.25, 0.3) is 0 Å². The zero-order valence-electron chi connectivity index (χ0n) is 10.4. The Morgan fingerprint density at radius 2 is 2.18 bits per heavy atom. The summed E-state index contributed by atoms with van der Waals surface area (Å²) in [5, 5.41) is 11.9. The minimum absolute atomic E-state index is 0.277. The van der Waals surface area contributed by atoms with Crippen LogP contribution in [-0.4, -0.2) is 19.2 Å². The third kappa shape index (κ3) is 4.04.